The van der Waals surface area contributed by atoms with E-state index in [4.69, 9.17) is 9.47 Å². The highest BCUT2D eigenvalue weighted by Gasteiger charge is 2.31. The molecule has 178 valence electrons. The molecule has 0 radical (unpaired) electrons. The highest BCUT2D eigenvalue weighted by molar-refractivity contribution is 5.79. The first-order valence-electron chi connectivity index (χ1n) is 11.9. The highest BCUT2D eigenvalue weighted by atomic mass is 16.5. The van der Waals surface area contributed by atoms with E-state index < -0.39 is 0 Å². The van der Waals surface area contributed by atoms with Crippen molar-refractivity contribution in [1.29, 1.82) is 0 Å². The molecular formula is C25H39N3O4. The van der Waals surface area contributed by atoms with Gasteiger partial charge in [-0.3, -0.25) is 9.59 Å². The van der Waals surface area contributed by atoms with E-state index in [0.29, 0.717) is 24.1 Å². The molecule has 1 aromatic rings. The zero-order valence-electron chi connectivity index (χ0n) is 20.1. The van der Waals surface area contributed by atoms with Crippen LogP contribution in [-0.2, 0) is 16.0 Å². The molecule has 0 saturated carbocycles. The first kappa shape index (κ1) is 24.4. The van der Waals surface area contributed by atoms with Crippen LogP contribution in [0.15, 0.2) is 18.2 Å². The first-order valence-corrected chi connectivity index (χ1v) is 11.9. The van der Waals surface area contributed by atoms with Gasteiger partial charge in [0.05, 0.1) is 14.2 Å². The summed E-state index contributed by atoms with van der Waals surface area (Å²) in [7, 11) is 3.25. The number of ether oxygens (including phenoxy) is 2. The molecule has 3 rings (SSSR count). The van der Waals surface area contributed by atoms with Crippen LogP contribution >= 0.6 is 0 Å². The van der Waals surface area contributed by atoms with E-state index in [1.54, 1.807) is 14.2 Å². The minimum Gasteiger partial charge on any atom is -0.493 e. The maximum absolute atomic E-state index is 12.7. The number of piperidine rings is 2. The number of benzene rings is 1. The molecule has 2 aliphatic rings. The average Bonchev–Trinajstić information content (AvgIpc) is 2.83. The average molecular weight is 446 g/mol. The summed E-state index contributed by atoms with van der Waals surface area (Å²) in [5, 5.41) is 3.12. The van der Waals surface area contributed by atoms with E-state index in [2.05, 4.69) is 10.2 Å². The summed E-state index contributed by atoms with van der Waals surface area (Å²) in [6.45, 7) is 8.22. The number of carbonyl (C=O) groups is 2. The number of rotatable bonds is 8. The van der Waals surface area contributed by atoms with Crippen LogP contribution in [0.4, 0.5) is 0 Å². The molecule has 1 aromatic carbocycles. The zero-order valence-corrected chi connectivity index (χ0v) is 20.1. The Morgan fingerprint density at radius 3 is 2.25 bits per heavy atom. The van der Waals surface area contributed by atoms with Crippen molar-refractivity contribution < 1.29 is 19.1 Å². The normalized spacial score (nSPS) is 18.6. The summed E-state index contributed by atoms with van der Waals surface area (Å²) >= 11 is 0. The Labute approximate surface area is 192 Å². The number of methoxy groups -OCH3 is 2. The lowest BCUT2D eigenvalue weighted by molar-refractivity contribution is -0.136. The van der Waals surface area contributed by atoms with Crippen molar-refractivity contribution in [2.45, 2.75) is 52.0 Å². The second kappa shape index (κ2) is 11.5. The molecule has 2 amide bonds. The minimum absolute atomic E-state index is 0.0764. The lowest BCUT2D eigenvalue weighted by Gasteiger charge is -2.41. The van der Waals surface area contributed by atoms with E-state index in [0.717, 1.165) is 63.8 Å². The van der Waals surface area contributed by atoms with Gasteiger partial charge in [-0.15, -0.1) is 0 Å². The molecule has 0 unspecified atom stereocenters. The van der Waals surface area contributed by atoms with Crippen LogP contribution in [0.2, 0.25) is 0 Å². The second-order valence-electron chi connectivity index (χ2n) is 9.25. The van der Waals surface area contributed by atoms with Crippen molar-refractivity contribution >= 4 is 11.8 Å². The summed E-state index contributed by atoms with van der Waals surface area (Å²) < 4.78 is 10.6. The Balaban J connectivity index is 1.37. The molecule has 0 aromatic heterocycles. The number of hydrogen-bond donors (Lipinski definition) is 1. The summed E-state index contributed by atoms with van der Waals surface area (Å²) in [6.07, 6.45) is 4.67. The molecule has 2 heterocycles. The molecule has 2 saturated heterocycles. The van der Waals surface area contributed by atoms with Crippen molar-refractivity contribution in [2.75, 3.05) is 46.9 Å². The summed E-state index contributed by atoms with van der Waals surface area (Å²) in [6, 6.07) is 6.41. The van der Waals surface area contributed by atoms with E-state index in [1.807, 2.05) is 36.9 Å². The molecular weight excluding hydrogens is 406 g/mol. The number of carbonyl (C=O) groups excluding carboxylic acids is 2. The molecule has 32 heavy (non-hydrogen) atoms. The monoisotopic (exact) mass is 445 g/mol. The Morgan fingerprint density at radius 2 is 1.66 bits per heavy atom. The third-order valence-electron chi connectivity index (χ3n) is 6.85. The first-order chi connectivity index (χ1) is 15.4. The van der Waals surface area contributed by atoms with E-state index in [9.17, 15) is 9.59 Å². The fraction of sp³-hybridized carbons (Fsp3) is 0.680. The van der Waals surface area contributed by atoms with E-state index in [-0.39, 0.29) is 23.7 Å². The quantitative estimate of drug-likeness (QED) is 0.666. The molecule has 7 heteroatoms. The van der Waals surface area contributed by atoms with Crippen molar-refractivity contribution in [2.24, 2.45) is 11.8 Å². The maximum Gasteiger partial charge on any atom is 0.225 e. The third kappa shape index (κ3) is 6.15. The van der Waals surface area contributed by atoms with Crippen LogP contribution in [-0.4, -0.2) is 74.6 Å². The van der Waals surface area contributed by atoms with E-state index in [1.165, 1.54) is 0 Å². The Morgan fingerprint density at radius 1 is 1.00 bits per heavy atom. The number of amides is 2. The number of likely N-dealkylation sites (tertiary alicyclic amines) is 2. The standard InChI is InChI=1S/C25H39N3O4/c1-18(2)25(30)28-15-10-21(11-16-28)27-13-8-20(9-14-27)24(29)26-12-7-19-5-6-22(31-3)23(17-19)32-4/h5-6,17-18,20-21H,7-16H2,1-4H3,(H,26,29). The number of nitrogens with zero attached hydrogens (tertiary/aromatic N) is 2. The van der Waals surface area contributed by atoms with Gasteiger partial charge in [-0.05, 0) is 62.9 Å². The van der Waals surface area contributed by atoms with Gasteiger partial charge in [-0.25, -0.2) is 0 Å². The molecule has 2 fully saturated rings. The number of hydrogen-bond acceptors (Lipinski definition) is 5. The lowest BCUT2D eigenvalue weighted by Crippen LogP contribution is -2.50. The highest BCUT2D eigenvalue weighted by Crippen LogP contribution is 2.28. The van der Waals surface area contributed by atoms with Gasteiger partial charge in [0.25, 0.3) is 0 Å². The predicted octanol–water partition coefficient (Wildman–Crippen LogP) is 2.72. The molecule has 0 aliphatic carbocycles. The SMILES string of the molecule is COc1ccc(CCNC(=O)C2CCN(C3CCN(C(=O)C(C)C)CC3)CC2)cc1OC. The van der Waals surface area contributed by atoms with Gasteiger partial charge in [0, 0.05) is 37.5 Å². The van der Waals surface area contributed by atoms with Crippen molar-refractivity contribution in [3.05, 3.63) is 23.8 Å². The van der Waals surface area contributed by atoms with Gasteiger partial charge < -0.3 is 24.6 Å². The van der Waals surface area contributed by atoms with Gasteiger partial charge in [0.1, 0.15) is 0 Å². The van der Waals surface area contributed by atoms with Gasteiger partial charge in [-0.2, -0.15) is 0 Å². The molecule has 1 N–H and O–H groups in total. The summed E-state index contributed by atoms with van der Waals surface area (Å²) in [5.74, 6) is 2.04. The molecule has 0 bridgehead atoms. The third-order valence-corrected chi connectivity index (χ3v) is 6.85. The fourth-order valence-electron chi connectivity index (χ4n) is 4.85. The lowest BCUT2D eigenvalue weighted by atomic mass is 9.92. The van der Waals surface area contributed by atoms with Crippen LogP contribution in [0.1, 0.15) is 45.1 Å². The van der Waals surface area contributed by atoms with Crippen LogP contribution in [0.3, 0.4) is 0 Å². The molecule has 0 atom stereocenters. The van der Waals surface area contributed by atoms with Crippen LogP contribution < -0.4 is 14.8 Å². The van der Waals surface area contributed by atoms with Crippen molar-refractivity contribution in [3.63, 3.8) is 0 Å². The summed E-state index contributed by atoms with van der Waals surface area (Å²) in [4.78, 5) is 29.4. The Kier molecular flexibility index (Phi) is 8.79. The summed E-state index contributed by atoms with van der Waals surface area (Å²) in [5.41, 5.74) is 1.11. The van der Waals surface area contributed by atoms with Crippen LogP contribution in [0.25, 0.3) is 0 Å². The van der Waals surface area contributed by atoms with E-state index >= 15 is 0 Å². The van der Waals surface area contributed by atoms with Gasteiger partial charge >= 0.3 is 0 Å². The van der Waals surface area contributed by atoms with Crippen molar-refractivity contribution in [1.82, 2.24) is 15.1 Å². The maximum atomic E-state index is 12.7. The van der Waals surface area contributed by atoms with Crippen LogP contribution in [0, 0.1) is 11.8 Å². The van der Waals surface area contributed by atoms with Gasteiger partial charge in [-0.1, -0.05) is 19.9 Å². The van der Waals surface area contributed by atoms with Crippen molar-refractivity contribution in [3.8, 4) is 11.5 Å². The molecule has 7 nitrogen and oxygen atoms in total. The second-order valence-corrected chi connectivity index (χ2v) is 9.25. The minimum atomic E-state index is 0.0764. The molecule has 2 aliphatic heterocycles. The topological polar surface area (TPSA) is 71.1 Å². The predicted molar refractivity (Wildman–Crippen MR) is 125 cm³/mol. The molecule has 0 spiro atoms. The Bertz CT molecular complexity index is 766. The smallest absolute Gasteiger partial charge is 0.225 e. The number of nitrogens with one attached hydrogen (secondary N) is 1. The van der Waals surface area contributed by atoms with Crippen LogP contribution in [0.5, 0.6) is 11.5 Å². The Hall–Kier alpha value is -2.28. The van der Waals surface area contributed by atoms with Gasteiger partial charge in [0.15, 0.2) is 11.5 Å². The fourth-order valence-corrected chi connectivity index (χ4v) is 4.85. The largest absolute Gasteiger partial charge is 0.493 e. The van der Waals surface area contributed by atoms with Gasteiger partial charge in [0.2, 0.25) is 11.8 Å². The zero-order chi connectivity index (χ0) is 23.1.